The number of hydrogen-bond acceptors (Lipinski definition) is 6. The van der Waals surface area contributed by atoms with Crippen LogP contribution in [0.1, 0.15) is 6.42 Å². The molecule has 4 rings (SSSR count). The zero-order chi connectivity index (χ0) is 18.1. The van der Waals surface area contributed by atoms with Gasteiger partial charge in [-0.2, -0.15) is 5.10 Å². The molecule has 2 aromatic carbocycles. The number of fused-ring (bicyclic) bond motifs is 1. The summed E-state index contributed by atoms with van der Waals surface area (Å²) in [6, 6.07) is 13.5. The minimum Gasteiger partial charge on any atom is -0.454 e. The Bertz CT molecular complexity index is 897. The van der Waals surface area contributed by atoms with Crippen LogP contribution >= 0.6 is 0 Å². The summed E-state index contributed by atoms with van der Waals surface area (Å²) in [5.74, 6) is 0.263. The SMILES string of the molecule is NC(=O)[C@@H]1CC(C(=O)Nc2ccc3c(c2)OCO3)=NN1c1ccccc1. The molecular weight excluding hydrogens is 336 g/mol. The fourth-order valence-electron chi connectivity index (χ4n) is 2.87. The summed E-state index contributed by atoms with van der Waals surface area (Å²) in [7, 11) is 0. The van der Waals surface area contributed by atoms with Gasteiger partial charge in [0.1, 0.15) is 11.8 Å². The highest BCUT2D eigenvalue weighted by atomic mass is 16.7. The molecule has 8 heteroatoms. The fourth-order valence-corrected chi connectivity index (χ4v) is 2.87. The number of hydrazone groups is 1. The zero-order valence-electron chi connectivity index (χ0n) is 13.7. The van der Waals surface area contributed by atoms with E-state index in [0.29, 0.717) is 22.9 Å². The van der Waals surface area contributed by atoms with Gasteiger partial charge in [-0.25, -0.2) is 0 Å². The lowest BCUT2D eigenvalue weighted by Crippen LogP contribution is -2.39. The predicted octanol–water partition coefficient (Wildman–Crippen LogP) is 1.47. The van der Waals surface area contributed by atoms with E-state index in [-0.39, 0.29) is 18.9 Å². The molecule has 132 valence electrons. The number of primary amides is 1. The van der Waals surface area contributed by atoms with Crippen molar-refractivity contribution in [3.63, 3.8) is 0 Å². The van der Waals surface area contributed by atoms with Gasteiger partial charge in [-0.15, -0.1) is 0 Å². The molecule has 2 amide bonds. The molecule has 2 aromatic rings. The summed E-state index contributed by atoms with van der Waals surface area (Å²) in [6.45, 7) is 0.159. The lowest BCUT2D eigenvalue weighted by molar-refractivity contribution is -0.119. The van der Waals surface area contributed by atoms with Crippen LogP contribution in [0.25, 0.3) is 0 Å². The van der Waals surface area contributed by atoms with Crippen molar-refractivity contribution in [1.29, 1.82) is 0 Å². The Morgan fingerprint density at radius 1 is 1.12 bits per heavy atom. The molecule has 1 atom stereocenters. The fraction of sp³-hybridized carbons (Fsp3) is 0.167. The average Bonchev–Trinajstić information content (AvgIpc) is 3.29. The maximum absolute atomic E-state index is 12.6. The van der Waals surface area contributed by atoms with E-state index >= 15 is 0 Å². The van der Waals surface area contributed by atoms with Crippen LogP contribution in [0.5, 0.6) is 11.5 Å². The summed E-state index contributed by atoms with van der Waals surface area (Å²) in [5, 5.41) is 8.55. The first-order valence-corrected chi connectivity index (χ1v) is 8.04. The molecular formula is C18H16N4O4. The van der Waals surface area contributed by atoms with Crippen molar-refractivity contribution in [1.82, 2.24) is 0 Å². The van der Waals surface area contributed by atoms with Crippen LogP contribution < -0.4 is 25.5 Å². The van der Waals surface area contributed by atoms with Gasteiger partial charge in [-0.1, -0.05) is 18.2 Å². The quantitative estimate of drug-likeness (QED) is 0.867. The third-order valence-electron chi connectivity index (χ3n) is 4.15. The number of benzene rings is 2. The van der Waals surface area contributed by atoms with Gasteiger partial charge < -0.3 is 20.5 Å². The molecule has 0 aliphatic carbocycles. The summed E-state index contributed by atoms with van der Waals surface area (Å²) in [5.41, 5.74) is 6.97. The largest absolute Gasteiger partial charge is 0.454 e. The van der Waals surface area contributed by atoms with Crippen LogP contribution in [0.4, 0.5) is 11.4 Å². The number of carbonyl (C=O) groups is 2. The molecule has 8 nitrogen and oxygen atoms in total. The molecule has 2 aliphatic rings. The second-order valence-electron chi connectivity index (χ2n) is 5.87. The summed E-state index contributed by atoms with van der Waals surface area (Å²) < 4.78 is 10.5. The third-order valence-corrected chi connectivity index (χ3v) is 4.15. The van der Waals surface area contributed by atoms with E-state index in [4.69, 9.17) is 15.2 Å². The molecule has 0 bridgehead atoms. The van der Waals surface area contributed by atoms with Crippen molar-refractivity contribution in [2.75, 3.05) is 17.1 Å². The molecule has 0 fully saturated rings. The number of nitrogens with zero attached hydrogens (tertiary/aromatic N) is 2. The molecule has 0 spiro atoms. The van der Waals surface area contributed by atoms with Crippen LogP contribution in [0.3, 0.4) is 0 Å². The van der Waals surface area contributed by atoms with Crippen LogP contribution in [0.15, 0.2) is 53.6 Å². The number of carbonyl (C=O) groups excluding carboxylic acids is 2. The number of rotatable bonds is 4. The molecule has 0 unspecified atom stereocenters. The Labute approximate surface area is 149 Å². The van der Waals surface area contributed by atoms with Crippen LogP contribution in [0, 0.1) is 0 Å². The molecule has 2 aliphatic heterocycles. The van der Waals surface area contributed by atoms with E-state index < -0.39 is 17.9 Å². The van der Waals surface area contributed by atoms with Crippen molar-refractivity contribution in [2.45, 2.75) is 12.5 Å². The lowest BCUT2D eigenvalue weighted by Gasteiger charge is -2.20. The first-order valence-electron chi connectivity index (χ1n) is 8.04. The van der Waals surface area contributed by atoms with Crippen molar-refractivity contribution >= 4 is 28.9 Å². The Hall–Kier alpha value is -3.55. The maximum atomic E-state index is 12.6. The van der Waals surface area contributed by atoms with E-state index in [1.165, 1.54) is 5.01 Å². The average molecular weight is 352 g/mol. The van der Waals surface area contributed by atoms with Gasteiger partial charge in [0.05, 0.1) is 5.69 Å². The normalized spacial score (nSPS) is 17.8. The minimum absolute atomic E-state index is 0.139. The van der Waals surface area contributed by atoms with Crippen LogP contribution in [-0.4, -0.2) is 30.4 Å². The highest BCUT2D eigenvalue weighted by Crippen LogP contribution is 2.34. The van der Waals surface area contributed by atoms with Crippen LogP contribution in [0.2, 0.25) is 0 Å². The van der Waals surface area contributed by atoms with E-state index in [1.54, 1.807) is 30.3 Å². The number of nitrogens with one attached hydrogen (secondary N) is 1. The van der Waals surface area contributed by atoms with E-state index in [9.17, 15) is 9.59 Å². The second-order valence-corrected chi connectivity index (χ2v) is 5.87. The Morgan fingerprint density at radius 2 is 1.88 bits per heavy atom. The Kier molecular flexibility index (Phi) is 3.92. The van der Waals surface area contributed by atoms with Crippen LogP contribution in [-0.2, 0) is 9.59 Å². The Balaban J connectivity index is 1.55. The van der Waals surface area contributed by atoms with Crippen molar-refractivity contribution < 1.29 is 19.1 Å². The van der Waals surface area contributed by atoms with Gasteiger partial charge in [0.2, 0.25) is 12.7 Å². The highest BCUT2D eigenvalue weighted by Gasteiger charge is 2.35. The number of nitrogens with two attached hydrogens (primary N) is 1. The molecule has 0 aromatic heterocycles. The summed E-state index contributed by atoms with van der Waals surface area (Å²) in [6.07, 6.45) is 0.139. The predicted molar refractivity (Wildman–Crippen MR) is 95.2 cm³/mol. The number of anilines is 2. The van der Waals surface area contributed by atoms with Gasteiger partial charge in [-0.3, -0.25) is 14.6 Å². The molecule has 3 N–H and O–H groups in total. The molecule has 2 heterocycles. The zero-order valence-corrected chi connectivity index (χ0v) is 13.7. The lowest BCUT2D eigenvalue weighted by atomic mass is 10.1. The topological polar surface area (TPSA) is 106 Å². The molecule has 0 saturated heterocycles. The number of ether oxygens (including phenoxy) is 2. The van der Waals surface area contributed by atoms with Gasteiger partial charge in [-0.05, 0) is 24.3 Å². The van der Waals surface area contributed by atoms with Gasteiger partial charge in [0, 0.05) is 18.2 Å². The number of amides is 2. The van der Waals surface area contributed by atoms with Gasteiger partial charge >= 0.3 is 0 Å². The smallest absolute Gasteiger partial charge is 0.271 e. The van der Waals surface area contributed by atoms with Gasteiger partial charge in [0.25, 0.3) is 5.91 Å². The van der Waals surface area contributed by atoms with Gasteiger partial charge in [0.15, 0.2) is 11.5 Å². The first kappa shape index (κ1) is 15.9. The van der Waals surface area contributed by atoms with E-state index in [2.05, 4.69) is 10.4 Å². The standard InChI is InChI=1S/C18H16N4O4/c19-17(23)14-9-13(21-22(14)12-4-2-1-3-5-12)18(24)20-11-6-7-15-16(8-11)26-10-25-15/h1-8,14H,9-10H2,(H2,19,23)(H,20,24)/t14-/m0/s1. The molecule has 0 saturated carbocycles. The van der Waals surface area contributed by atoms with Crippen molar-refractivity contribution in [3.05, 3.63) is 48.5 Å². The monoisotopic (exact) mass is 352 g/mol. The first-order chi connectivity index (χ1) is 12.6. The van der Waals surface area contributed by atoms with E-state index in [1.807, 2.05) is 18.2 Å². The number of hydrogen-bond donors (Lipinski definition) is 2. The van der Waals surface area contributed by atoms with Crippen molar-refractivity contribution in [2.24, 2.45) is 10.8 Å². The Morgan fingerprint density at radius 3 is 2.65 bits per heavy atom. The third kappa shape index (κ3) is 2.92. The molecule has 0 radical (unpaired) electrons. The molecule has 26 heavy (non-hydrogen) atoms. The maximum Gasteiger partial charge on any atom is 0.271 e. The summed E-state index contributed by atoms with van der Waals surface area (Å²) >= 11 is 0. The minimum atomic E-state index is -0.699. The second kappa shape index (κ2) is 6.40. The summed E-state index contributed by atoms with van der Waals surface area (Å²) in [4.78, 5) is 24.4. The number of para-hydroxylation sites is 1. The van der Waals surface area contributed by atoms with E-state index in [0.717, 1.165) is 0 Å². The van der Waals surface area contributed by atoms with Crippen molar-refractivity contribution in [3.8, 4) is 11.5 Å². The highest BCUT2D eigenvalue weighted by molar-refractivity contribution is 6.44.